The Kier molecular flexibility index (Phi) is 10.7. The van der Waals surface area contributed by atoms with Crippen molar-refractivity contribution in [1.82, 2.24) is 0 Å². The fourth-order valence-electron chi connectivity index (χ4n) is 3.45. The number of para-hydroxylation sites is 1. The first-order chi connectivity index (χ1) is 13.8. The third-order valence-electron chi connectivity index (χ3n) is 4.99. The first-order valence-electron chi connectivity index (χ1n) is 9.76. The fraction of sp³-hybridized carbons (Fsp3) is 0.522. The summed E-state index contributed by atoms with van der Waals surface area (Å²) in [5, 5.41) is 28.9. The maximum absolute atomic E-state index is 14.2. The molecule has 1 aromatic rings. The lowest BCUT2D eigenvalue weighted by Crippen LogP contribution is -2.25. The summed E-state index contributed by atoms with van der Waals surface area (Å²) in [6.45, 7) is -0.812. The highest BCUT2D eigenvalue weighted by atomic mass is 19.3. The number of aliphatic hydroxyl groups is 2. The number of aliphatic hydroxyl groups excluding tert-OH is 2. The molecule has 2 rings (SSSR count). The Bertz CT molecular complexity index is 690. The molecule has 30 heavy (non-hydrogen) atoms. The van der Waals surface area contributed by atoms with E-state index in [0.717, 1.165) is 6.08 Å². The Balaban J connectivity index is 0.00000450. The lowest BCUT2D eigenvalue weighted by molar-refractivity contribution is -0.137. The zero-order valence-corrected chi connectivity index (χ0v) is 16.2. The minimum absolute atomic E-state index is 0. The van der Waals surface area contributed by atoms with Crippen molar-refractivity contribution >= 4 is 5.97 Å². The highest BCUT2D eigenvalue weighted by Crippen LogP contribution is 2.37. The van der Waals surface area contributed by atoms with Crippen molar-refractivity contribution in [3.05, 3.63) is 54.6 Å². The number of hydrogen-bond acceptors (Lipinski definition) is 4. The van der Waals surface area contributed by atoms with Gasteiger partial charge in [-0.25, -0.2) is 0 Å². The molecular weight excluding hydrogens is 394 g/mol. The average molecular weight is 427 g/mol. The van der Waals surface area contributed by atoms with E-state index in [1.54, 1.807) is 30.3 Å². The van der Waals surface area contributed by atoms with Crippen LogP contribution in [0.2, 0.25) is 0 Å². The molecule has 1 fully saturated rings. The van der Waals surface area contributed by atoms with Gasteiger partial charge in [-0.15, -0.1) is 0 Å². The van der Waals surface area contributed by atoms with E-state index in [-0.39, 0.29) is 26.2 Å². The molecule has 0 amide bonds. The van der Waals surface area contributed by atoms with Crippen LogP contribution in [0.5, 0.6) is 5.75 Å². The number of carboxylic acid groups (broad SMARTS) is 1. The SMILES string of the molecule is C.O=C(O)CCC/C=C\C[C@@H]1[C@@H](/C=C/C(F)(F)COc2ccccc2)[C@H](O)C[C@@H]1O. The molecule has 0 bridgehead atoms. The number of rotatable bonds is 11. The van der Waals surface area contributed by atoms with E-state index in [1.807, 2.05) is 12.2 Å². The number of benzene rings is 1. The molecule has 4 atom stereocenters. The summed E-state index contributed by atoms with van der Waals surface area (Å²) >= 11 is 0. The Morgan fingerprint density at radius 3 is 2.53 bits per heavy atom. The van der Waals surface area contributed by atoms with Crippen molar-refractivity contribution in [3.8, 4) is 5.75 Å². The van der Waals surface area contributed by atoms with Gasteiger partial charge in [0.25, 0.3) is 5.92 Å². The second-order valence-corrected chi connectivity index (χ2v) is 7.33. The van der Waals surface area contributed by atoms with Crippen molar-refractivity contribution in [1.29, 1.82) is 0 Å². The number of ether oxygens (including phenoxy) is 1. The highest BCUT2D eigenvalue weighted by molar-refractivity contribution is 5.66. The third kappa shape index (κ3) is 8.63. The van der Waals surface area contributed by atoms with Crippen LogP contribution in [0.4, 0.5) is 8.78 Å². The molecule has 0 aliphatic heterocycles. The first kappa shape index (κ1) is 25.8. The van der Waals surface area contributed by atoms with Crippen molar-refractivity contribution < 1.29 is 33.6 Å². The number of carbonyl (C=O) groups is 1. The van der Waals surface area contributed by atoms with Gasteiger partial charge in [0.05, 0.1) is 12.2 Å². The van der Waals surface area contributed by atoms with Gasteiger partial charge >= 0.3 is 5.97 Å². The topological polar surface area (TPSA) is 87.0 Å². The van der Waals surface area contributed by atoms with E-state index in [0.29, 0.717) is 25.0 Å². The van der Waals surface area contributed by atoms with Crippen molar-refractivity contribution in [2.24, 2.45) is 11.8 Å². The highest BCUT2D eigenvalue weighted by Gasteiger charge is 2.40. The number of aliphatic carboxylic acids is 1. The molecule has 168 valence electrons. The van der Waals surface area contributed by atoms with Gasteiger partial charge in [-0.2, -0.15) is 8.78 Å². The fourth-order valence-corrected chi connectivity index (χ4v) is 3.45. The minimum atomic E-state index is -3.21. The summed E-state index contributed by atoms with van der Waals surface area (Å²) < 4.78 is 33.4. The maximum Gasteiger partial charge on any atom is 0.303 e. The summed E-state index contributed by atoms with van der Waals surface area (Å²) in [4.78, 5) is 10.5. The molecule has 0 heterocycles. The quantitative estimate of drug-likeness (QED) is 0.359. The standard InChI is InChI=1S/C22H28F2O5.CH4/c23-22(24,15-29-16-8-4-3-5-9-16)13-12-18-17(19(25)14-20(18)26)10-6-1-2-7-11-21(27)28;/h1,3-6,8-9,12-13,17-20,25-26H,2,7,10-11,14-15H2,(H,27,28);1H4/b6-1-,13-12+;/t17-,18-,19+,20-;/m1./s1. The van der Waals surface area contributed by atoms with Gasteiger partial charge in [-0.05, 0) is 43.4 Å². The number of alkyl halides is 2. The minimum Gasteiger partial charge on any atom is -0.487 e. The van der Waals surface area contributed by atoms with Gasteiger partial charge in [-0.3, -0.25) is 4.79 Å². The molecule has 0 radical (unpaired) electrons. The number of allylic oxidation sites excluding steroid dienone is 2. The smallest absolute Gasteiger partial charge is 0.303 e. The van der Waals surface area contributed by atoms with Crippen LogP contribution in [0.25, 0.3) is 0 Å². The Morgan fingerprint density at radius 1 is 1.17 bits per heavy atom. The van der Waals surface area contributed by atoms with Gasteiger partial charge < -0.3 is 20.1 Å². The summed E-state index contributed by atoms with van der Waals surface area (Å²) in [6.07, 6.45) is 5.73. The molecule has 0 saturated heterocycles. The van der Waals surface area contributed by atoms with E-state index in [9.17, 15) is 23.8 Å². The van der Waals surface area contributed by atoms with Gasteiger partial charge in [0.1, 0.15) is 5.75 Å². The monoisotopic (exact) mass is 426 g/mol. The summed E-state index contributed by atoms with van der Waals surface area (Å²) in [5.74, 6) is -4.67. The largest absolute Gasteiger partial charge is 0.487 e. The molecule has 0 aromatic heterocycles. The normalized spacial score (nSPS) is 24.3. The molecule has 7 heteroatoms. The maximum atomic E-state index is 14.2. The Labute approximate surface area is 176 Å². The van der Waals surface area contributed by atoms with Crippen LogP contribution in [-0.4, -0.2) is 46.0 Å². The summed E-state index contributed by atoms with van der Waals surface area (Å²) in [7, 11) is 0. The lowest BCUT2D eigenvalue weighted by Gasteiger charge is -2.20. The zero-order chi connectivity index (χ0) is 21.3. The average Bonchev–Trinajstić information content (AvgIpc) is 2.94. The van der Waals surface area contributed by atoms with Gasteiger partial charge in [0, 0.05) is 18.8 Å². The number of unbranched alkanes of at least 4 members (excludes halogenated alkanes) is 1. The molecule has 1 aliphatic rings. The molecular formula is C23H32F2O5. The zero-order valence-electron chi connectivity index (χ0n) is 16.2. The number of hydrogen-bond donors (Lipinski definition) is 3. The van der Waals surface area contributed by atoms with Crippen molar-refractivity contribution in [3.63, 3.8) is 0 Å². The Hall–Kier alpha value is -2.25. The predicted molar refractivity (Wildman–Crippen MR) is 112 cm³/mol. The molecule has 0 spiro atoms. The van der Waals surface area contributed by atoms with Crippen LogP contribution >= 0.6 is 0 Å². The second-order valence-electron chi connectivity index (χ2n) is 7.33. The summed E-state index contributed by atoms with van der Waals surface area (Å²) in [5.41, 5.74) is 0. The van der Waals surface area contributed by atoms with Crippen molar-refractivity contribution in [2.45, 2.75) is 57.7 Å². The van der Waals surface area contributed by atoms with Crippen LogP contribution in [0.1, 0.15) is 39.5 Å². The molecule has 3 N–H and O–H groups in total. The first-order valence-corrected chi connectivity index (χ1v) is 9.76. The molecule has 0 unspecified atom stereocenters. The van der Waals surface area contributed by atoms with E-state index in [4.69, 9.17) is 9.84 Å². The van der Waals surface area contributed by atoms with E-state index < -0.39 is 36.6 Å². The van der Waals surface area contributed by atoms with E-state index >= 15 is 0 Å². The van der Waals surface area contributed by atoms with E-state index in [2.05, 4.69) is 0 Å². The number of halogens is 2. The number of carboxylic acids is 1. The van der Waals surface area contributed by atoms with Crippen LogP contribution in [0, 0.1) is 11.8 Å². The van der Waals surface area contributed by atoms with Gasteiger partial charge in [0.2, 0.25) is 0 Å². The van der Waals surface area contributed by atoms with Crippen LogP contribution < -0.4 is 4.74 Å². The molecule has 1 aromatic carbocycles. The second kappa shape index (κ2) is 12.4. The molecule has 1 aliphatic carbocycles. The summed E-state index contributed by atoms with van der Waals surface area (Å²) in [6, 6.07) is 8.34. The predicted octanol–water partition coefficient (Wildman–Crippen LogP) is 4.45. The molecule has 5 nitrogen and oxygen atoms in total. The Morgan fingerprint density at radius 2 is 1.87 bits per heavy atom. The van der Waals surface area contributed by atoms with Crippen LogP contribution in [0.15, 0.2) is 54.6 Å². The molecule has 1 saturated carbocycles. The lowest BCUT2D eigenvalue weighted by atomic mass is 9.89. The van der Waals surface area contributed by atoms with Gasteiger partial charge in [0.15, 0.2) is 6.61 Å². The van der Waals surface area contributed by atoms with Crippen LogP contribution in [0.3, 0.4) is 0 Å². The van der Waals surface area contributed by atoms with Crippen molar-refractivity contribution in [2.75, 3.05) is 6.61 Å². The third-order valence-corrected chi connectivity index (χ3v) is 4.99. The van der Waals surface area contributed by atoms with Gasteiger partial charge in [-0.1, -0.05) is 43.9 Å². The van der Waals surface area contributed by atoms with E-state index in [1.165, 1.54) is 6.08 Å². The van der Waals surface area contributed by atoms with Crippen LogP contribution in [-0.2, 0) is 4.79 Å².